The van der Waals surface area contributed by atoms with Crippen molar-refractivity contribution in [2.45, 2.75) is 65.3 Å². The molecule has 1 atom stereocenters. The van der Waals surface area contributed by atoms with Crippen molar-refractivity contribution in [3.05, 3.63) is 35.0 Å². The SMILES string of the molecule is CCC[C@@H](CCO)Nc1nc(N)nc(C)c1Cc1ccc(OCCCN(CC)CCC(=O)O)cc1OC. The highest BCUT2D eigenvalue weighted by molar-refractivity contribution is 5.66. The summed E-state index contributed by atoms with van der Waals surface area (Å²) in [7, 11) is 1.63. The predicted molar refractivity (Wildman–Crippen MR) is 145 cm³/mol. The fourth-order valence-electron chi connectivity index (χ4n) is 4.25. The monoisotopic (exact) mass is 517 g/mol. The standard InChI is InChI=1S/C27H43N5O5/c1-5-8-21(12-15-33)30-26-23(19(3)29-27(28)31-26)17-20-9-10-22(18-24(20)36-4)37-16-7-13-32(6-2)14-11-25(34)35/h9-10,18,21,33H,5-8,11-17H2,1-4H3,(H,34,35)(H3,28,29,30,31)/t21-/m0/s1. The van der Waals surface area contributed by atoms with Crippen LogP contribution in [-0.4, -0.2) is 77.0 Å². The zero-order chi connectivity index (χ0) is 27.2. The normalized spacial score (nSPS) is 11.9. The number of carbonyl (C=O) groups is 1. The number of aromatic nitrogens is 2. The lowest BCUT2D eigenvalue weighted by Gasteiger charge is -2.21. The summed E-state index contributed by atoms with van der Waals surface area (Å²) in [5.41, 5.74) is 8.65. The molecule has 10 nitrogen and oxygen atoms in total. The molecule has 0 aliphatic carbocycles. The van der Waals surface area contributed by atoms with E-state index >= 15 is 0 Å². The first-order valence-corrected chi connectivity index (χ1v) is 13.0. The maximum atomic E-state index is 10.8. The van der Waals surface area contributed by atoms with E-state index in [1.807, 2.05) is 32.0 Å². The molecular formula is C27H43N5O5. The Kier molecular flexibility index (Phi) is 12.9. The smallest absolute Gasteiger partial charge is 0.304 e. The molecule has 0 unspecified atom stereocenters. The van der Waals surface area contributed by atoms with Crippen LogP contribution in [0.25, 0.3) is 0 Å². The lowest BCUT2D eigenvalue weighted by atomic mass is 10.0. The fraction of sp³-hybridized carbons (Fsp3) is 0.593. The number of aliphatic hydroxyl groups is 1. The third kappa shape index (κ3) is 10.0. The third-order valence-electron chi connectivity index (χ3n) is 6.29. The van der Waals surface area contributed by atoms with Crippen LogP contribution in [0.15, 0.2) is 18.2 Å². The van der Waals surface area contributed by atoms with Crippen molar-refractivity contribution in [1.29, 1.82) is 0 Å². The van der Waals surface area contributed by atoms with Gasteiger partial charge in [0.1, 0.15) is 17.3 Å². The van der Waals surface area contributed by atoms with Crippen molar-refractivity contribution >= 4 is 17.7 Å². The highest BCUT2D eigenvalue weighted by Gasteiger charge is 2.17. The molecule has 0 saturated carbocycles. The van der Waals surface area contributed by atoms with Gasteiger partial charge < -0.3 is 35.6 Å². The number of aryl methyl sites for hydroxylation is 1. The van der Waals surface area contributed by atoms with Gasteiger partial charge in [0, 0.05) is 49.5 Å². The molecule has 37 heavy (non-hydrogen) atoms. The van der Waals surface area contributed by atoms with Gasteiger partial charge in [-0.3, -0.25) is 4.79 Å². The number of benzene rings is 1. The fourth-order valence-corrected chi connectivity index (χ4v) is 4.25. The summed E-state index contributed by atoms with van der Waals surface area (Å²) in [6.07, 6.45) is 4.01. The maximum absolute atomic E-state index is 10.8. The number of aliphatic hydroxyl groups excluding tert-OH is 1. The van der Waals surface area contributed by atoms with Crippen molar-refractivity contribution < 1.29 is 24.5 Å². The van der Waals surface area contributed by atoms with E-state index in [1.165, 1.54) is 0 Å². The zero-order valence-corrected chi connectivity index (χ0v) is 22.6. The van der Waals surface area contributed by atoms with E-state index in [-0.39, 0.29) is 25.0 Å². The number of carboxylic acid groups (broad SMARTS) is 1. The van der Waals surface area contributed by atoms with Gasteiger partial charge in [0.2, 0.25) is 5.95 Å². The van der Waals surface area contributed by atoms with E-state index in [0.717, 1.165) is 49.2 Å². The Balaban J connectivity index is 2.10. The first kappa shape index (κ1) is 30.1. The molecular weight excluding hydrogens is 474 g/mol. The average Bonchev–Trinajstić information content (AvgIpc) is 2.86. The molecule has 2 aromatic rings. The molecule has 0 radical (unpaired) electrons. The number of nitrogens with zero attached hydrogens (tertiary/aromatic N) is 3. The van der Waals surface area contributed by atoms with Crippen LogP contribution in [0.5, 0.6) is 11.5 Å². The first-order valence-electron chi connectivity index (χ1n) is 13.0. The molecule has 1 aromatic carbocycles. The molecule has 1 aromatic heterocycles. The number of nitrogen functional groups attached to an aromatic ring is 1. The van der Waals surface area contributed by atoms with Gasteiger partial charge >= 0.3 is 5.97 Å². The summed E-state index contributed by atoms with van der Waals surface area (Å²) in [5, 5.41) is 21.8. The summed E-state index contributed by atoms with van der Waals surface area (Å²) in [6.45, 7) is 8.80. The number of anilines is 2. The Bertz CT molecular complexity index is 982. The molecule has 0 aliphatic heterocycles. The predicted octanol–water partition coefficient (Wildman–Crippen LogP) is 3.50. The van der Waals surface area contributed by atoms with Gasteiger partial charge in [-0.2, -0.15) is 4.98 Å². The highest BCUT2D eigenvalue weighted by Crippen LogP contribution is 2.30. The van der Waals surface area contributed by atoms with E-state index in [2.05, 4.69) is 27.1 Å². The number of carboxylic acids is 1. The Morgan fingerprint density at radius 2 is 2.00 bits per heavy atom. The number of nitrogens with two attached hydrogens (primary N) is 1. The Labute approximate surface area is 220 Å². The summed E-state index contributed by atoms with van der Waals surface area (Å²) < 4.78 is 11.6. The zero-order valence-electron chi connectivity index (χ0n) is 22.6. The summed E-state index contributed by atoms with van der Waals surface area (Å²) >= 11 is 0. The van der Waals surface area contributed by atoms with Gasteiger partial charge in [-0.1, -0.05) is 26.3 Å². The van der Waals surface area contributed by atoms with E-state index in [9.17, 15) is 9.90 Å². The molecule has 2 rings (SSSR count). The summed E-state index contributed by atoms with van der Waals surface area (Å²) in [4.78, 5) is 21.8. The van der Waals surface area contributed by atoms with Crippen molar-refractivity contribution in [3.8, 4) is 11.5 Å². The van der Waals surface area contributed by atoms with Crippen molar-refractivity contribution in [2.24, 2.45) is 0 Å². The van der Waals surface area contributed by atoms with E-state index < -0.39 is 5.97 Å². The average molecular weight is 518 g/mol. The van der Waals surface area contributed by atoms with E-state index in [0.29, 0.717) is 43.3 Å². The molecule has 0 bridgehead atoms. The van der Waals surface area contributed by atoms with E-state index in [1.54, 1.807) is 7.11 Å². The summed E-state index contributed by atoms with van der Waals surface area (Å²) in [6, 6.07) is 5.87. The second-order valence-corrected chi connectivity index (χ2v) is 9.07. The van der Waals surface area contributed by atoms with Crippen LogP contribution >= 0.6 is 0 Å². The number of aliphatic carboxylic acids is 1. The molecule has 5 N–H and O–H groups in total. The van der Waals surface area contributed by atoms with Crippen LogP contribution in [0.3, 0.4) is 0 Å². The second-order valence-electron chi connectivity index (χ2n) is 9.07. The van der Waals surface area contributed by atoms with Crippen LogP contribution in [0, 0.1) is 6.92 Å². The van der Waals surface area contributed by atoms with Crippen molar-refractivity contribution in [2.75, 3.05) is 51.0 Å². The maximum Gasteiger partial charge on any atom is 0.304 e. The van der Waals surface area contributed by atoms with Crippen LogP contribution in [-0.2, 0) is 11.2 Å². The molecule has 0 saturated heterocycles. The first-order chi connectivity index (χ1) is 17.8. The van der Waals surface area contributed by atoms with Crippen LogP contribution in [0.4, 0.5) is 11.8 Å². The molecule has 0 amide bonds. The molecule has 0 fully saturated rings. The minimum Gasteiger partial charge on any atom is -0.496 e. The molecule has 0 aliphatic rings. The minimum absolute atomic E-state index is 0.0906. The van der Waals surface area contributed by atoms with Crippen LogP contribution in [0.2, 0.25) is 0 Å². The minimum atomic E-state index is -0.781. The van der Waals surface area contributed by atoms with Crippen molar-refractivity contribution in [3.63, 3.8) is 0 Å². The third-order valence-corrected chi connectivity index (χ3v) is 6.29. The quantitative estimate of drug-likeness (QED) is 0.217. The van der Waals surface area contributed by atoms with Gasteiger partial charge in [-0.25, -0.2) is 4.98 Å². The molecule has 10 heteroatoms. The number of hydrogen-bond acceptors (Lipinski definition) is 9. The topological polar surface area (TPSA) is 143 Å². The largest absolute Gasteiger partial charge is 0.496 e. The number of hydrogen-bond donors (Lipinski definition) is 4. The molecule has 1 heterocycles. The summed E-state index contributed by atoms with van der Waals surface area (Å²) in [5.74, 6) is 1.53. The lowest BCUT2D eigenvalue weighted by molar-refractivity contribution is -0.137. The second kappa shape index (κ2) is 15.9. The number of ether oxygens (including phenoxy) is 2. The van der Waals surface area contributed by atoms with E-state index in [4.69, 9.17) is 20.3 Å². The lowest BCUT2D eigenvalue weighted by Crippen LogP contribution is -2.28. The van der Waals surface area contributed by atoms with Crippen LogP contribution in [0.1, 0.15) is 62.8 Å². The van der Waals surface area contributed by atoms with Gasteiger partial charge in [0.25, 0.3) is 0 Å². The number of rotatable bonds is 18. The Hall–Kier alpha value is -3.11. The van der Waals surface area contributed by atoms with Gasteiger partial charge in [-0.05, 0) is 44.4 Å². The Morgan fingerprint density at radius 3 is 2.65 bits per heavy atom. The van der Waals surface area contributed by atoms with Crippen LogP contribution < -0.4 is 20.5 Å². The van der Waals surface area contributed by atoms with Gasteiger partial charge in [0.15, 0.2) is 0 Å². The highest BCUT2D eigenvalue weighted by atomic mass is 16.5. The van der Waals surface area contributed by atoms with Gasteiger partial charge in [-0.15, -0.1) is 0 Å². The molecule has 206 valence electrons. The molecule has 0 spiro atoms. The van der Waals surface area contributed by atoms with Gasteiger partial charge in [0.05, 0.1) is 20.1 Å². The number of nitrogens with one attached hydrogen (secondary N) is 1. The Morgan fingerprint density at radius 1 is 1.22 bits per heavy atom. The van der Waals surface area contributed by atoms with Crippen molar-refractivity contribution in [1.82, 2.24) is 14.9 Å². The number of methoxy groups -OCH3 is 1.